The maximum atomic E-state index is 11.8. The van der Waals surface area contributed by atoms with Crippen LogP contribution in [0.3, 0.4) is 0 Å². The predicted molar refractivity (Wildman–Crippen MR) is 102 cm³/mol. The number of aromatic nitrogens is 1. The molecular weight excluding hydrogens is 342 g/mol. The van der Waals surface area contributed by atoms with Gasteiger partial charge in [0.05, 0.1) is 11.7 Å². The van der Waals surface area contributed by atoms with Crippen LogP contribution in [-0.2, 0) is 27.4 Å². The van der Waals surface area contributed by atoms with Gasteiger partial charge >= 0.3 is 0 Å². The maximum Gasteiger partial charge on any atom is 0.282 e. The van der Waals surface area contributed by atoms with Crippen molar-refractivity contribution >= 4 is 17.5 Å². The van der Waals surface area contributed by atoms with Crippen molar-refractivity contribution in [2.45, 2.75) is 38.8 Å². The molecule has 0 bridgehead atoms. The van der Waals surface area contributed by atoms with Crippen LogP contribution >= 0.6 is 0 Å². The average molecular weight is 366 g/mol. The lowest BCUT2D eigenvalue weighted by atomic mass is 9.96. The molecule has 1 aromatic heterocycles. The van der Waals surface area contributed by atoms with Crippen LogP contribution in [0.15, 0.2) is 36.5 Å². The maximum absolute atomic E-state index is 11.8. The largest absolute Gasteiger partial charge is 0.466 e. The molecule has 1 aliphatic heterocycles. The third-order valence-electron chi connectivity index (χ3n) is 5.09. The van der Waals surface area contributed by atoms with E-state index in [-0.39, 0.29) is 24.4 Å². The van der Waals surface area contributed by atoms with E-state index >= 15 is 0 Å². The molecule has 2 aromatic rings. The molecule has 138 valence electrons. The highest BCUT2D eigenvalue weighted by atomic mass is 16.5. The van der Waals surface area contributed by atoms with E-state index in [9.17, 15) is 9.59 Å². The molecule has 0 radical (unpaired) electrons. The van der Waals surface area contributed by atoms with Gasteiger partial charge in [-0.25, -0.2) is 4.79 Å². The van der Waals surface area contributed by atoms with E-state index in [4.69, 9.17) is 8.85 Å². The number of rotatable bonds is 3. The summed E-state index contributed by atoms with van der Waals surface area (Å²) in [6.45, 7) is -0.662. The Hall–Kier alpha value is -3.11. The standard InChI is InChI=1S/C21H21N3O3/c1-3-20(26)23-18-6-5-15-16(9-22-10-17(15)18)13-4-7-19-14(8-13)12-27-21(11-25)24(19)2/h4,7-10,18H,3,5-6,12H2,1-2H3,(H,23,26)/t18-/m1/s1/i2D3. The normalized spacial score (nSPS) is 19.7. The van der Waals surface area contributed by atoms with E-state index < -0.39 is 6.98 Å². The van der Waals surface area contributed by atoms with E-state index in [0.717, 1.165) is 40.0 Å². The fourth-order valence-corrected chi connectivity index (χ4v) is 3.70. The molecular formula is C21H21N3O3. The van der Waals surface area contributed by atoms with Gasteiger partial charge in [0.1, 0.15) is 6.61 Å². The van der Waals surface area contributed by atoms with Crippen molar-refractivity contribution in [2.24, 2.45) is 0 Å². The number of hydrogen-bond acceptors (Lipinski definition) is 5. The molecule has 6 heteroatoms. The summed E-state index contributed by atoms with van der Waals surface area (Å²) in [6.07, 6.45) is 5.64. The Bertz CT molecular complexity index is 1060. The number of benzene rings is 1. The van der Waals surface area contributed by atoms with Crippen LogP contribution in [0, 0.1) is 0 Å². The first-order valence-electron chi connectivity index (χ1n) is 10.4. The highest BCUT2D eigenvalue weighted by Crippen LogP contribution is 2.39. The summed E-state index contributed by atoms with van der Waals surface area (Å²) in [5.41, 5.74) is 5.03. The van der Waals surface area contributed by atoms with Crippen LogP contribution in [0.4, 0.5) is 5.69 Å². The van der Waals surface area contributed by atoms with Crippen LogP contribution in [-0.4, -0.2) is 23.8 Å². The Labute approximate surface area is 162 Å². The topological polar surface area (TPSA) is 71.5 Å². The fourth-order valence-electron chi connectivity index (χ4n) is 3.70. The molecule has 1 amide bonds. The molecule has 1 atom stereocenters. The Morgan fingerprint density at radius 1 is 1.48 bits per heavy atom. The predicted octanol–water partition coefficient (Wildman–Crippen LogP) is 2.90. The zero-order chi connectivity index (χ0) is 21.5. The number of fused-ring (bicyclic) bond motifs is 2. The van der Waals surface area contributed by atoms with Gasteiger partial charge in [-0.05, 0) is 41.7 Å². The molecule has 0 saturated heterocycles. The Kier molecular flexibility index (Phi) is 3.58. The highest BCUT2D eigenvalue weighted by molar-refractivity contribution is 5.78. The fraction of sp³-hybridized carbons (Fsp3) is 0.333. The molecule has 1 N–H and O–H groups in total. The van der Waals surface area contributed by atoms with Gasteiger partial charge in [0.15, 0.2) is 5.94 Å². The summed E-state index contributed by atoms with van der Waals surface area (Å²) in [5, 5.41) is 3.04. The van der Waals surface area contributed by atoms with Gasteiger partial charge in [-0.15, -0.1) is 0 Å². The van der Waals surface area contributed by atoms with Gasteiger partial charge in [-0.1, -0.05) is 13.0 Å². The van der Waals surface area contributed by atoms with Crippen molar-refractivity contribution in [1.29, 1.82) is 0 Å². The number of pyridine rings is 1. The summed E-state index contributed by atoms with van der Waals surface area (Å²) in [7, 11) is 0. The van der Waals surface area contributed by atoms with E-state index in [1.165, 1.54) is 0 Å². The number of carbonyl (C=O) groups is 1. The second-order valence-electron chi connectivity index (χ2n) is 6.64. The van der Waals surface area contributed by atoms with Gasteiger partial charge in [-0.2, -0.15) is 0 Å². The molecule has 0 unspecified atom stereocenters. The number of ether oxygens (including phenoxy) is 1. The Balaban J connectivity index is 1.73. The van der Waals surface area contributed by atoms with Crippen LogP contribution in [0.5, 0.6) is 0 Å². The lowest BCUT2D eigenvalue weighted by Crippen LogP contribution is -2.26. The summed E-state index contributed by atoms with van der Waals surface area (Å²) in [5.74, 6) is 1.24. The highest BCUT2D eigenvalue weighted by Gasteiger charge is 2.27. The lowest BCUT2D eigenvalue weighted by Gasteiger charge is -2.28. The molecule has 2 aliphatic rings. The summed E-state index contributed by atoms with van der Waals surface area (Å²) >= 11 is 0. The number of carbonyl (C=O) groups excluding carboxylic acids is 2. The molecule has 0 spiro atoms. The third kappa shape index (κ3) is 2.98. The van der Waals surface area contributed by atoms with Crippen LogP contribution in [0.2, 0.25) is 0 Å². The minimum atomic E-state index is -2.57. The van der Waals surface area contributed by atoms with Crippen LogP contribution in [0.25, 0.3) is 11.1 Å². The van der Waals surface area contributed by atoms with Gasteiger partial charge in [0, 0.05) is 41.0 Å². The second-order valence-corrected chi connectivity index (χ2v) is 6.64. The van der Waals surface area contributed by atoms with Gasteiger partial charge in [0.25, 0.3) is 5.88 Å². The smallest absolute Gasteiger partial charge is 0.282 e. The van der Waals surface area contributed by atoms with E-state index in [2.05, 4.69) is 10.3 Å². The van der Waals surface area contributed by atoms with Crippen LogP contribution in [0.1, 0.15) is 46.6 Å². The zero-order valence-electron chi connectivity index (χ0n) is 17.9. The number of hydrogen-bond donors (Lipinski definition) is 1. The third-order valence-corrected chi connectivity index (χ3v) is 5.09. The van der Waals surface area contributed by atoms with Crippen molar-refractivity contribution in [3.05, 3.63) is 53.2 Å². The van der Waals surface area contributed by atoms with E-state index in [1.54, 1.807) is 24.4 Å². The molecule has 0 saturated carbocycles. The monoisotopic (exact) mass is 366 g/mol. The first kappa shape index (κ1) is 14.0. The Morgan fingerprint density at radius 3 is 3.15 bits per heavy atom. The first-order valence-corrected chi connectivity index (χ1v) is 8.91. The van der Waals surface area contributed by atoms with Gasteiger partial charge in [-0.3, -0.25) is 9.78 Å². The SMILES string of the molecule is [2H]C([2H])([2H])N1C(=C=O)OCc2cc(-c3cncc4c3CC[C@H]4NC(=O)CC)ccc21. The molecule has 27 heavy (non-hydrogen) atoms. The second kappa shape index (κ2) is 6.89. The minimum absolute atomic E-state index is 0.00739. The zero-order valence-corrected chi connectivity index (χ0v) is 14.9. The number of amides is 1. The summed E-state index contributed by atoms with van der Waals surface area (Å²) in [6, 6.07) is 5.32. The number of nitrogens with one attached hydrogen (secondary N) is 1. The summed E-state index contributed by atoms with van der Waals surface area (Å²) in [4.78, 5) is 28.3. The van der Waals surface area contributed by atoms with Crippen molar-refractivity contribution < 1.29 is 18.4 Å². The number of anilines is 1. The molecule has 1 aromatic carbocycles. The van der Waals surface area contributed by atoms with Gasteiger partial charge in [0.2, 0.25) is 5.91 Å². The molecule has 6 nitrogen and oxygen atoms in total. The quantitative estimate of drug-likeness (QED) is 0.846. The van der Waals surface area contributed by atoms with Crippen LogP contribution < -0.4 is 10.2 Å². The van der Waals surface area contributed by atoms with E-state index in [1.807, 2.05) is 19.1 Å². The molecule has 0 fully saturated rings. The lowest BCUT2D eigenvalue weighted by molar-refractivity contribution is -0.121. The van der Waals surface area contributed by atoms with Crippen molar-refractivity contribution in [3.63, 3.8) is 0 Å². The molecule has 4 rings (SSSR count). The number of nitrogens with zero attached hydrogens (tertiary/aromatic N) is 2. The van der Waals surface area contributed by atoms with Gasteiger partial charge < -0.3 is 15.0 Å². The molecule has 1 aliphatic carbocycles. The van der Waals surface area contributed by atoms with E-state index in [0.29, 0.717) is 17.7 Å². The van der Waals surface area contributed by atoms with Crippen molar-refractivity contribution in [3.8, 4) is 11.1 Å². The Morgan fingerprint density at radius 2 is 2.37 bits per heavy atom. The van der Waals surface area contributed by atoms with Crippen molar-refractivity contribution in [1.82, 2.24) is 10.3 Å². The van der Waals surface area contributed by atoms with Crippen molar-refractivity contribution in [2.75, 3.05) is 11.9 Å². The first-order chi connectivity index (χ1) is 14.3. The average Bonchev–Trinajstić information content (AvgIpc) is 3.14. The summed E-state index contributed by atoms with van der Waals surface area (Å²) < 4.78 is 28.6. The minimum Gasteiger partial charge on any atom is -0.466 e. The molecule has 2 heterocycles.